The zero-order valence-electron chi connectivity index (χ0n) is 18.5. The quantitative estimate of drug-likeness (QED) is 0.366. The zero-order chi connectivity index (χ0) is 22.2. The summed E-state index contributed by atoms with van der Waals surface area (Å²) in [6.07, 6.45) is 1.79. The molecule has 1 atom stereocenters. The van der Waals surface area contributed by atoms with E-state index in [1.54, 1.807) is 19.2 Å². The van der Waals surface area contributed by atoms with Crippen LogP contribution in [0.5, 0.6) is 5.75 Å². The minimum Gasteiger partial charge on any atom is -0.496 e. The summed E-state index contributed by atoms with van der Waals surface area (Å²) in [4.78, 5) is 21.0. The fourth-order valence-electron chi connectivity index (χ4n) is 3.46. The molecule has 2 aromatic rings. The molecule has 1 aromatic heterocycles. The lowest BCUT2D eigenvalue weighted by molar-refractivity contribution is 0.0597. The van der Waals surface area contributed by atoms with Crippen LogP contribution in [-0.4, -0.2) is 60.6 Å². The van der Waals surface area contributed by atoms with Gasteiger partial charge < -0.3 is 24.8 Å². The van der Waals surface area contributed by atoms with Crippen molar-refractivity contribution in [3.63, 3.8) is 0 Å². The predicted octanol–water partition coefficient (Wildman–Crippen LogP) is 1.29. The number of esters is 1. The van der Waals surface area contributed by atoms with Crippen LogP contribution in [0.25, 0.3) is 0 Å². The number of methoxy groups -OCH3 is 3. The van der Waals surface area contributed by atoms with Crippen LogP contribution in [0.2, 0.25) is 0 Å². The molecule has 1 aliphatic rings. The maximum absolute atomic E-state index is 11.8. The van der Waals surface area contributed by atoms with E-state index >= 15 is 0 Å². The van der Waals surface area contributed by atoms with E-state index in [1.165, 1.54) is 14.2 Å². The van der Waals surface area contributed by atoms with Gasteiger partial charge in [0.1, 0.15) is 23.7 Å². The van der Waals surface area contributed by atoms with Gasteiger partial charge in [-0.15, -0.1) is 0 Å². The molecule has 1 aliphatic heterocycles. The predicted molar refractivity (Wildman–Crippen MR) is 115 cm³/mol. The number of carbonyl (C=O) groups is 1. The fourth-order valence-corrected chi connectivity index (χ4v) is 3.46. The van der Waals surface area contributed by atoms with Gasteiger partial charge in [0.15, 0.2) is 11.8 Å². The zero-order valence-corrected chi connectivity index (χ0v) is 18.5. The molecule has 0 saturated heterocycles. The largest absolute Gasteiger partial charge is 0.496 e. The summed E-state index contributed by atoms with van der Waals surface area (Å²) < 4.78 is 17.2. The van der Waals surface area contributed by atoms with E-state index in [4.69, 9.17) is 19.2 Å². The number of ether oxygens (including phenoxy) is 3. The van der Waals surface area contributed by atoms with Crippen molar-refractivity contribution in [3.05, 3.63) is 41.0 Å². The normalized spacial score (nSPS) is 15.9. The molecule has 0 fully saturated rings. The first-order valence-corrected chi connectivity index (χ1v) is 10.3. The van der Waals surface area contributed by atoms with Crippen molar-refractivity contribution < 1.29 is 19.0 Å². The van der Waals surface area contributed by atoms with Crippen LogP contribution in [-0.2, 0) is 35.6 Å². The van der Waals surface area contributed by atoms with Crippen LogP contribution >= 0.6 is 0 Å². The highest BCUT2D eigenvalue weighted by Crippen LogP contribution is 2.21. The topological polar surface area (TPSA) is 112 Å². The Morgan fingerprint density at radius 1 is 1.32 bits per heavy atom. The Morgan fingerprint density at radius 2 is 2.16 bits per heavy atom. The number of aromatic nitrogens is 3. The maximum atomic E-state index is 11.8. The van der Waals surface area contributed by atoms with Gasteiger partial charge in [-0.05, 0) is 31.0 Å². The molecule has 31 heavy (non-hydrogen) atoms. The molecule has 0 aliphatic carbocycles. The molecule has 0 radical (unpaired) electrons. The summed E-state index contributed by atoms with van der Waals surface area (Å²) in [5.41, 5.74) is 1.31. The summed E-state index contributed by atoms with van der Waals surface area (Å²) >= 11 is 0. The number of carbonyl (C=O) groups excluding carboxylic acids is 1. The molecular weight excluding hydrogens is 400 g/mol. The lowest BCUT2D eigenvalue weighted by atomic mass is 10.1. The van der Waals surface area contributed by atoms with Crippen molar-refractivity contribution in [2.45, 2.75) is 45.5 Å². The maximum Gasteiger partial charge on any atom is 0.341 e. The van der Waals surface area contributed by atoms with Gasteiger partial charge in [0.2, 0.25) is 0 Å². The number of hydrogen-bond acceptors (Lipinski definition) is 7. The Balaban J connectivity index is 1.67. The lowest BCUT2D eigenvalue weighted by Crippen LogP contribution is -2.47. The highest BCUT2D eigenvalue weighted by atomic mass is 16.5. The highest BCUT2D eigenvalue weighted by Gasteiger charge is 2.22. The van der Waals surface area contributed by atoms with E-state index in [1.807, 2.05) is 17.7 Å². The van der Waals surface area contributed by atoms with Crippen molar-refractivity contribution in [1.29, 1.82) is 0 Å². The van der Waals surface area contributed by atoms with Crippen molar-refractivity contribution in [2.24, 2.45) is 4.99 Å². The Hall–Kier alpha value is -3.14. The Morgan fingerprint density at radius 3 is 2.87 bits per heavy atom. The number of benzene rings is 1. The molecule has 0 saturated carbocycles. The standard InChI is InChI=1S/C21H30N6O4/c1-5-22-21(23-11-14-6-8-16(20(28)31-4)17(10-14)30-3)24-15-7-9-19-25-18(13-29-2)26-27(19)12-15/h6,8,10,15H,5,7,9,11-13H2,1-4H3,(H2,22,23,24). The van der Waals surface area contributed by atoms with Crippen molar-refractivity contribution >= 4 is 11.9 Å². The van der Waals surface area contributed by atoms with Crippen LogP contribution < -0.4 is 15.4 Å². The minimum atomic E-state index is -0.430. The molecule has 0 bridgehead atoms. The molecule has 3 rings (SSSR count). The molecule has 10 nitrogen and oxygen atoms in total. The third-order valence-corrected chi connectivity index (χ3v) is 4.95. The number of aliphatic imine (C=N–C) groups is 1. The Bertz CT molecular complexity index is 927. The first-order chi connectivity index (χ1) is 15.1. The molecule has 10 heteroatoms. The summed E-state index contributed by atoms with van der Waals surface area (Å²) in [6, 6.07) is 5.54. The number of hydrogen-bond donors (Lipinski definition) is 2. The second-order valence-electron chi connectivity index (χ2n) is 7.16. The summed E-state index contributed by atoms with van der Waals surface area (Å²) in [6.45, 7) is 4.35. The smallest absolute Gasteiger partial charge is 0.341 e. The van der Waals surface area contributed by atoms with Gasteiger partial charge >= 0.3 is 5.97 Å². The molecule has 0 spiro atoms. The van der Waals surface area contributed by atoms with Crippen molar-refractivity contribution in [1.82, 2.24) is 25.4 Å². The average Bonchev–Trinajstić information content (AvgIpc) is 3.18. The van der Waals surface area contributed by atoms with Crippen molar-refractivity contribution in [3.8, 4) is 5.75 Å². The first kappa shape index (κ1) is 22.5. The third kappa shape index (κ3) is 5.72. The van der Waals surface area contributed by atoms with E-state index in [2.05, 4.69) is 20.7 Å². The van der Waals surface area contributed by atoms with Crippen LogP contribution in [0.3, 0.4) is 0 Å². The molecule has 168 valence electrons. The minimum absolute atomic E-state index is 0.193. The van der Waals surface area contributed by atoms with Gasteiger partial charge in [0.05, 0.1) is 27.3 Å². The van der Waals surface area contributed by atoms with Crippen LogP contribution in [0.1, 0.15) is 40.9 Å². The third-order valence-electron chi connectivity index (χ3n) is 4.95. The number of nitrogens with one attached hydrogen (secondary N) is 2. The van der Waals surface area contributed by atoms with Gasteiger partial charge in [0.25, 0.3) is 0 Å². The van der Waals surface area contributed by atoms with E-state index in [-0.39, 0.29) is 6.04 Å². The van der Waals surface area contributed by atoms with E-state index < -0.39 is 5.97 Å². The first-order valence-electron chi connectivity index (χ1n) is 10.3. The van der Waals surface area contributed by atoms with Crippen molar-refractivity contribution in [2.75, 3.05) is 27.9 Å². The molecule has 2 heterocycles. The second kappa shape index (κ2) is 10.8. The SMILES string of the molecule is CCNC(=NCc1ccc(C(=O)OC)c(OC)c1)NC1CCc2nc(COC)nn2C1. The number of nitrogens with zero attached hydrogens (tertiary/aromatic N) is 4. The molecule has 1 aromatic carbocycles. The van der Waals surface area contributed by atoms with Crippen LogP contribution in [0.4, 0.5) is 0 Å². The Labute approximate surface area is 182 Å². The van der Waals surface area contributed by atoms with Gasteiger partial charge in [-0.1, -0.05) is 6.07 Å². The molecule has 2 N–H and O–H groups in total. The van der Waals surface area contributed by atoms with Crippen LogP contribution in [0, 0.1) is 0 Å². The number of rotatable bonds is 8. The van der Waals surface area contributed by atoms with E-state index in [0.717, 1.165) is 43.3 Å². The monoisotopic (exact) mass is 430 g/mol. The molecule has 1 unspecified atom stereocenters. The molecular formula is C21H30N6O4. The Kier molecular flexibility index (Phi) is 7.82. The van der Waals surface area contributed by atoms with Gasteiger partial charge in [-0.25, -0.2) is 19.5 Å². The van der Waals surface area contributed by atoms with E-state index in [0.29, 0.717) is 30.3 Å². The van der Waals surface area contributed by atoms with Crippen LogP contribution in [0.15, 0.2) is 23.2 Å². The lowest BCUT2D eigenvalue weighted by Gasteiger charge is -2.25. The number of guanidine groups is 1. The highest BCUT2D eigenvalue weighted by molar-refractivity contribution is 5.92. The van der Waals surface area contributed by atoms with Gasteiger partial charge in [0, 0.05) is 26.1 Å². The fraction of sp³-hybridized carbons (Fsp3) is 0.524. The number of aryl methyl sites for hydroxylation is 1. The summed E-state index contributed by atoms with van der Waals surface area (Å²) in [5, 5.41) is 11.3. The molecule has 0 amide bonds. The van der Waals surface area contributed by atoms with Gasteiger partial charge in [-0.3, -0.25) is 0 Å². The second-order valence-corrected chi connectivity index (χ2v) is 7.16. The van der Waals surface area contributed by atoms with E-state index in [9.17, 15) is 4.79 Å². The summed E-state index contributed by atoms with van der Waals surface area (Å²) in [7, 11) is 4.52. The number of fused-ring (bicyclic) bond motifs is 1. The average molecular weight is 431 g/mol. The summed E-state index contributed by atoms with van der Waals surface area (Å²) in [5.74, 6) is 2.47. The van der Waals surface area contributed by atoms with Gasteiger partial charge in [-0.2, -0.15) is 5.10 Å².